The van der Waals surface area contributed by atoms with Crippen molar-refractivity contribution in [2.75, 3.05) is 0 Å². The van der Waals surface area contributed by atoms with Crippen molar-refractivity contribution in [3.8, 4) is 68.2 Å². The van der Waals surface area contributed by atoms with E-state index in [1.165, 1.54) is 0 Å². The molecule has 0 N–H and O–H groups in total. The normalized spacial score (nSPS) is 10.9. The topological polar surface area (TPSA) is 90.2 Å². The molecule has 0 atom stereocenters. The van der Waals surface area contributed by atoms with E-state index >= 15 is 0 Å². The van der Waals surface area contributed by atoms with Gasteiger partial charge >= 0.3 is 0 Å². The molecular weight excluding hydrogens is 518 g/mol. The highest BCUT2D eigenvalue weighted by atomic mass is 14.9. The van der Waals surface area contributed by atoms with Gasteiger partial charge in [-0.2, -0.15) is 0 Å². The summed E-state index contributed by atoms with van der Waals surface area (Å²) in [5.74, 6) is 0. The van der Waals surface area contributed by atoms with E-state index in [1.807, 2.05) is 121 Å². The second-order valence-corrected chi connectivity index (χ2v) is 9.50. The first kappa shape index (κ1) is 25.0. The molecule has 7 aromatic heterocycles. The minimum Gasteiger partial charge on any atom is -0.255 e. The average molecular weight is 542 g/mol. The van der Waals surface area contributed by atoms with E-state index in [0.717, 1.165) is 56.8 Å². The maximum absolute atomic E-state index is 5.04. The summed E-state index contributed by atoms with van der Waals surface area (Å²) >= 11 is 0. The van der Waals surface area contributed by atoms with Gasteiger partial charge in [0.15, 0.2) is 0 Å². The van der Waals surface area contributed by atoms with Gasteiger partial charge in [0, 0.05) is 24.2 Å². The van der Waals surface area contributed by atoms with Crippen LogP contribution in [0.1, 0.15) is 0 Å². The fourth-order valence-corrected chi connectivity index (χ4v) is 4.66. The highest BCUT2D eigenvalue weighted by molar-refractivity contribution is 5.75. The zero-order chi connectivity index (χ0) is 28.1. The van der Waals surface area contributed by atoms with Crippen LogP contribution in [-0.4, -0.2) is 34.9 Å². The third-order valence-electron chi connectivity index (χ3n) is 6.68. The van der Waals surface area contributed by atoms with E-state index in [-0.39, 0.29) is 0 Å². The molecule has 7 aromatic rings. The molecular formula is C35H23N7. The molecule has 198 valence electrons. The monoisotopic (exact) mass is 541 g/mol. The van der Waals surface area contributed by atoms with E-state index in [2.05, 4.69) is 15.0 Å². The van der Waals surface area contributed by atoms with Crippen molar-refractivity contribution in [1.29, 1.82) is 0 Å². The number of hydrogen-bond acceptors (Lipinski definition) is 7. The molecule has 0 aliphatic heterocycles. The van der Waals surface area contributed by atoms with Crippen LogP contribution in [0, 0.1) is 0 Å². The third-order valence-corrected chi connectivity index (χ3v) is 6.68. The molecule has 7 heterocycles. The van der Waals surface area contributed by atoms with E-state index in [1.54, 1.807) is 18.6 Å². The van der Waals surface area contributed by atoms with Gasteiger partial charge in [-0.1, -0.05) is 36.4 Å². The first-order chi connectivity index (χ1) is 20.8. The molecule has 0 spiro atoms. The highest BCUT2D eigenvalue weighted by Gasteiger charge is 2.14. The molecule has 7 nitrogen and oxygen atoms in total. The van der Waals surface area contributed by atoms with Crippen molar-refractivity contribution in [1.82, 2.24) is 34.9 Å². The second kappa shape index (κ2) is 11.3. The molecule has 0 unspecified atom stereocenters. The average Bonchev–Trinajstić information content (AvgIpc) is 3.09. The third kappa shape index (κ3) is 5.26. The summed E-state index contributed by atoms with van der Waals surface area (Å²) in [5, 5.41) is 0. The Morgan fingerprint density at radius 2 is 0.571 bits per heavy atom. The number of hydrogen-bond donors (Lipinski definition) is 0. The molecule has 7 rings (SSSR count). The molecule has 0 bridgehead atoms. The van der Waals surface area contributed by atoms with Gasteiger partial charge in [0.2, 0.25) is 0 Å². The van der Waals surface area contributed by atoms with E-state index in [9.17, 15) is 0 Å². The Morgan fingerprint density at radius 3 is 0.952 bits per heavy atom. The lowest BCUT2D eigenvalue weighted by molar-refractivity contribution is 1.19. The van der Waals surface area contributed by atoms with Crippen LogP contribution in [0.2, 0.25) is 0 Å². The maximum atomic E-state index is 5.04. The largest absolute Gasteiger partial charge is 0.255 e. The summed E-state index contributed by atoms with van der Waals surface area (Å²) in [6.07, 6.45) is 5.30. The van der Waals surface area contributed by atoms with Crippen molar-refractivity contribution in [3.63, 3.8) is 0 Å². The van der Waals surface area contributed by atoms with Crippen LogP contribution in [-0.2, 0) is 0 Å². The zero-order valence-corrected chi connectivity index (χ0v) is 22.4. The van der Waals surface area contributed by atoms with Crippen molar-refractivity contribution in [3.05, 3.63) is 140 Å². The molecule has 0 fully saturated rings. The Kier molecular flexibility index (Phi) is 6.72. The van der Waals surface area contributed by atoms with Gasteiger partial charge in [-0.3, -0.25) is 15.0 Å². The van der Waals surface area contributed by atoms with Crippen molar-refractivity contribution >= 4 is 0 Å². The van der Waals surface area contributed by atoms with Crippen LogP contribution in [0.3, 0.4) is 0 Å². The van der Waals surface area contributed by atoms with Gasteiger partial charge in [0.25, 0.3) is 0 Å². The first-order valence-corrected chi connectivity index (χ1v) is 13.5. The lowest BCUT2D eigenvalue weighted by Crippen LogP contribution is -1.97. The summed E-state index contributed by atoms with van der Waals surface area (Å²) < 4.78 is 0. The van der Waals surface area contributed by atoms with Gasteiger partial charge in [-0.05, 0) is 84.9 Å². The van der Waals surface area contributed by atoms with Crippen molar-refractivity contribution in [2.24, 2.45) is 0 Å². The number of pyridine rings is 7. The molecule has 0 aliphatic carbocycles. The minimum absolute atomic E-state index is 0.704. The minimum atomic E-state index is 0.704. The van der Waals surface area contributed by atoms with Gasteiger partial charge in [-0.25, -0.2) is 19.9 Å². The SMILES string of the molecule is c1ccc(-c2cccc(-c3cc(-c4cccc(-c5ccccn5)n4)nc(-c4cccc(-c5ccccn5)n4)c3)n2)nc1. The predicted octanol–water partition coefficient (Wildman–Crippen LogP) is 7.45. The quantitative estimate of drug-likeness (QED) is 0.216. The molecule has 0 aliphatic rings. The summed E-state index contributed by atoms with van der Waals surface area (Å²) in [7, 11) is 0. The molecule has 0 amide bonds. The summed E-state index contributed by atoms with van der Waals surface area (Å²) in [4.78, 5) is 33.3. The van der Waals surface area contributed by atoms with Gasteiger partial charge in [0.05, 0.1) is 62.6 Å². The predicted molar refractivity (Wildman–Crippen MR) is 164 cm³/mol. The lowest BCUT2D eigenvalue weighted by atomic mass is 10.1. The fraction of sp³-hybridized carbons (Fsp3) is 0. The molecule has 0 saturated carbocycles. The Hall–Kier alpha value is -5.95. The number of nitrogens with zero attached hydrogens (tertiary/aromatic N) is 7. The van der Waals surface area contributed by atoms with Crippen LogP contribution in [0.25, 0.3) is 68.2 Å². The van der Waals surface area contributed by atoms with E-state index in [4.69, 9.17) is 19.9 Å². The van der Waals surface area contributed by atoms with Crippen LogP contribution < -0.4 is 0 Å². The number of rotatable bonds is 6. The van der Waals surface area contributed by atoms with E-state index < -0.39 is 0 Å². The van der Waals surface area contributed by atoms with Crippen LogP contribution in [0.4, 0.5) is 0 Å². The molecule has 0 aromatic carbocycles. The highest BCUT2D eigenvalue weighted by Crippen LogP contribution is 2.31. The van der Waals surface area contributed by atoms with Crippen molar-refractivity contribution in [2.45, 2.75) is 0 Å². The molecule has 0 saturated heterocycles. The summed E-state index contributed by atoms with van der Waals surface area (Å²) in [5.41, 5.74) is 9.28. The van der Waals surface area contributed by atoms with Crippen molar-refractivity contribution < 1.29 is 0 Å². The van der Waals surface area contributed by atoms with Crippen LogP contribution in [0.5, 0.6) is 0 Å². The maximum Gasteiger partial charge on any atom is 0.0901 e. The number of aromatic nitrogens is 7. The van der Waals surface area contributed by atoms with Gasteiger partial charge < -0.3 is 0 Å². The molecule has 7 heteroatoms. The molecule has 0 radical (unpaired) electrons. The Labute approximate surface area is 242 Å². The van der Waals surface area contributed by atoms with Crippen LogP contribution >= 0.6 is 0 Å². The lowest BCUT2D eigenvalue weighted by Gasteiger charge is -2.11. The fourth-order valence-electron chi connectivity index (χ4n) is 4.66. The van der Waals surface area contributed by atoms with Gasteiger partial charge in [0.1, 0.15) is 0 Å². The smallest absolute Gasteiger partial charge is 0.0901 e. The Bertz CT molecular complexity index is 1740. The molecule has 42 heavy (non-hydrogen) atoms. The van der Waals surface area contributed by atoms with E-state index in [0.29, 0.717) is 11.4 Å². The van der Waals surface area contributed by atoms with Gasteiger partial charge in [-0.15, -0.1) is 0 Å². The Morgan fingerprint density at radius 1 is 0.262 bits per heavy atom. The summed E-state index contributed by atoms with van der Waals surface area (Å²) in [6.45, 7) is 0. The van der Waals surface area contributed by atoms with Crippen LogP contribution in [0.15, 0.2) is 140 Å². The Balaban J connectivity index is 1.38. The second-order valence-electron chi connectivity index (χ2n) is 9.50. The zero-order valence-electron chi connectivity index (χ0n) is 22.4. The standard InChI is InChI=1S/C35H23N7/c1-4-19-36-26(10-1)29-14-7-13-25(39-29)24-22-34(32-17-8-15-30(40-32)27-11-2-5-20-37-27)42-35(23-24)33-18-9-16-31(41-33)28-12-3-6-21-38-28/h1-23H. The first-order valence-electron chi connectivity index (χ1n) is 13.5. The summed E-state index contributed by atoms with van der Waals surface area (Å²) in [6, 6.07) is 39.1.